The Morgan fingerprint density at radius 3 is 2.40 bits per heavy atom. The average Bonchev–Trinajstić information content (AvgIpc) is 2.38. The van der Waals surface area contributed by atoms with Crippen LogP contribution in [0.3, 0.4) is 0 Å². The Kier molecular flexibility index (Phi) is 5.61. The van der Waals surface area contributed by atoms with E-state index in [9.17, 15) is 4.39 Å². The molecule has 1 N–H and O–H groups in total. The van der Waals surface area contributed by atoms with E-state index in [0.717, 1.165) is 26.6 Å². The highest BCUT2D eigenvalue weighted by atomic mass is 79.9. The molecule has 0 amide bonds. The highest BCUT2D eigenvalue weighted by Crippen LogP contribution is 2.32. The predicted molar refractivity (Wildman–Crippen MR) is 88.8 cm³/mol. The Labute approximate surface area is 139 Å². The molecule has 20 heavy (non-hydrogen) atoms. The fourth-order valence-electron chi connectivity index (χ4n) is 2.09. The van der Waals surface area contributed by atoms with E-state index in [0.29, 0.717) is 5.02 Å². The number of benzene rings is 2. The maximum atomic E-state index is 13.5. The van der Waals surface area contributed by atoms with E-state index in [4.69, 9.17) is 11.6 Å². The summed E-state index contributed by atoms with van der Waals surface area (Å²) >= 11 is 13.2. The SMILES string of the molecule is CCNC(c1cc(Br)cc(Br)c1)c1cc(F)ccc1Cl. The summed E-state index contributed by atoms with van der Waals surface area (Å²) in [5.41, 5.74) is 1.75. The van der Waals surface area contributed by atoms with Crippen molar-refractivity contribution in [3.8, 4) is 0 Å². The number of nitrogens with one attached hydrogen (secondary N) is 1. The quantitative estimate of drug-likeness (QED) is 0.667. The first-order chi connectivity index (χ1) is 9.51. The van der Waals surface area contributed by atoms with E-state index >= 15 is 0 Å². The highest BCUT2D eigenvalue weighted by Gasteiger charge is 2.17. The Morgan fingerprint density at radius 2 is 1.80 bits per heavy atom. The van der Waals surface area contributed by atoms with Gasteiger partial charge in [0.2, 0.25) is 0 Å². The van der Waals surface area contributed by atoms with Crippen LogP contribution in [0.15, 0.2) is 45.3 Å². The van der Waals surface area contributed by atoms with E-state index < -0.39 is 0 Å². The molecule has 0 radical (unpaired) electrons. The lowest BCUT2D eigenvalue weighted by molar-refractivity contribution is 0.603. The highest BCUT2D eigenvalue weighted by molar-refractivity contribution is 9.11. The average molecular weight is 422 g/mol. The Balaban J connectivity index is 2.52. The summed E-state index contributed by atoms with van der Waals surface area (Å²) in [5.74, 6) is -0.290. The van der Waals surface area contributed by atoms with Gasteiger partial charge in [0.25, 0.3) is 0 Å². The lowest BCUT2D eigenvalue weighted by Crippen LogP contribution is -2.22. The molecule has 0 spiro atoms. The molecule has 0 fully saturated rings. The van der Waals surface area contributed by atoms with Gasteiger partial charge in [-0.25, -0.2) is 4.39 Å². The summed E-state index contributed by atoms with van der Waals surface area (Å²) in [6.07, 6.45) is 0. The van der Waals surface area contributed by atoms with Crippen LogP contribution < -0.4 is 5.32 Å². The van der Waals surface area contributed by atoms with Crippen LogP contribution >= 0.6 is 43.5 Å². The molecule has 0 aromatic heterocycles. The third-order valence-electron chi connectivity index (χ3n) is 2.90. The van der Waals surface area contributed by atoms with Gasteiger partial charge in [-0.3, -0.25) is 0 Å². The monoisotopic (exact) mass is 419 g/mol. The molecule has 106 valence electrons. The smallest absolute Gasteiger partial charge is 0.123 e. The second kappa shape index (κ2) is 7.03. The molecule has 1 unspecified atom stereocenters. The first-order valence-corrected chi connectivity index (χ1v) is 8.12. The summed E-state index contributed by atoms with van der Waals surface area (Å²) in [7, 11) is 0. The third-order valence-corrected chi connectivity index (χ3v) is 4.16. The first kappa shape index (κ1) is 16.0. The van der Waals surface area contributed by atoms with Gasteiger partial charge in [0, 0.05) is 14.0 Å². The van der Waals surface area contributed by atoms with Crippen molar-refractivity contribution >= 4 is 43.5 Å². The van der Waals surface area contributed by atoms with Crippen molar-refractivity contribution in [2.75, 3.05) is 6.54 Å². The van der Waals surface area contributed by atoms with E-state index in [1.54, 1.807) is 6.07 Å². The molecule has 2 rings (SSSR count). The predicted octanol–water partition coefficient (Wildman–Crippen LogP) is 5.70. The molecule has 2 aromatic rings. The van der Waals surface area contributed by atoms with Gasteiger partial charge in [-0.05, 0) is 54.1 Å². The Morgan fingerprint density at radius 1 is 1.15 bits per heavy atom. The molecular weight excluding hydrogens is 408 g/mol. The topological polar surface area (TPSA) is 12.0 Å². The van der Waals surface area contributed by atoms with E-state index in [1.165, 1.54) is 12.1 Å². The lowest BCUT2D eigenvalue weighted by atomic mass is 9.98. The van der Waals surface area contributed by atoms with Crippen molar-refractivity contribution in [2.45, 2.75) is 13.0 Å². The summed E-state index contributed by atoms with van der Waals surface area (Å²) in [6, 6.07) is 10.2. The van der Waals surface area contributed by atoms with Crippen LogP contribution in [0.25, 0.3) is 0 Å². The van der Waals surface area contributed by atoms with Crippen molar-refractivity contribution < 1.29 is 4.39 Å². The summed E-state index contributed by atoms with van der Waals surface area (Å²) in [6.45, 7) is 2.76. The van der Waals surface area contributed by atoms with Crippen LogP contribution in [0.1, 0.15) is 24.1 Å². The molecule has 2 aromatic carbocycles. The molecule has 5 heteroatoms. The number of halogens is 4. The first-order valence-electron chi connectivity index (χ1n) is 6.15. The largest absolute Gasteiger partial charge is 0.306 e. The van der Waals surface area contributed by atoms with E-state index in [2.05, 4.69) is 37.2 Å². The van der Waals surface area contributed by atoms with Gasteiger partial charge in [0.1, 0.15) is 5.82 Å². The Bertz CT molecular complexity index is 599. The van der Waals surface area contributed by atoms with Crippen molar-refractivity contribution in [2.24, 2.45) is 0 Å². The molecule has 1 nitrogen and oxygen atoms in total. The summed E-state index contributed by atoms with van der Waals surface area (Å²) in [5, 5.41) is 3.89. The minimum atomic E-state index is -0.290. The summed E-state index contributed by atoms with van der Waals surface area (Å²) < 4.78 is 15.4. The van der Waals surface area contributed by atoms with Crippen LogP contribution in [-0.4, -0.2) is 6.54 Å². The van der Waals surface area contributed by atoms with Crippen LogP contribution in [-0.2, 0) is 0 Å². The zero-order valence-corrected chi connectivity index (χ0v) is 14.7. The molecule has 0 aliphatic heterocycles. The van der Waals surface area contributed by atoms with Crippen molar-refractivity contribution in [1.82, 2.24) is 5.32 Å². The van der Waals surface area contributed by atoms with Crippen LogP contribution in [0.2, 0.25) is 5.02 Å². The molecule has 0 saturated carbocycles. The van der Waals surface area contributed by atoms with Gasteiger partial charge in [-0.1, -0.05) is 50.4 Å². The second-order valence-electron chi connectivity index (χ2n) is 4.36. The van der Waals surface area contributed by atoms with Gasteiger partial charge < -0.3 is 5.32 Å². The zero-order valence-electron chi connectivity index (χ0n) is 10.8. The number of hydrogen-bond acceptors (Lipinski definition) is 1. The third kappa shape index (κ3) is 3.82. The van der Waals surface area contributed by atoms with E-state index in [-0.39, 0.29) is 11.9 Å². The fraction of sp³-hybridized carbons (Fsp3) is 0.200. The minimum absolute atomic E-state index is 0.156. The standard InChI is InChI=1S/C15H13Br2ClFN/c1-2-20-15(9-5-10(16)7-11(17)6-9)13-8-12(19)3-4-14(13)18/h3-8,15,20H,2H2,1H3. The molecule has 1 atom stereocenters. The van der Waals surface area contributed by atoms with Crippen molar-refractivity contribution in [3.05, 3.63) is 67.3 Å². The molecule has 0 aliphatic rings. The Hall–Kier alpha value is -0.420. The molecular formula is C15H13Br2ClFN. The van der Waals surface area contributed by atoms with Gasteiger partial charge in [-0.15, -0.1) is 0 Å². The lowest BCUT2D eigenvalue weighted by Gasteiger charge is -2.21. The van der Waals surface area contributed by atoms with Crippen molar-refractivity contribution in [1.29, 1.82) is 0 Å². The molecule has 0 bridgehead atoms. The van der Waals surface area contributed by atoms with Crippen molar-refractivity contribution in [3.63, 3.8) is 0 Å². The second-order valence-corrected chi connectivity index (χ2v) is 6.60. The maximum Gasteiger partial charge on any atom is 0.123 e. The van der Waals surface area contributed by atoms with Crippen LogP contribution in [0.4, 0.5) is 4.39 Å². The number of hydrogen-bond donors (Lipinski definition) is 1. The summed E-state index contributed by atoms with van der Waals surface area (Å²) in [4.78, 5) is 0. The molecule has 0 aliphatic carbocycles. The molecule has 0 saturated heterocycles. The zero-order chi connectivity index (χ0) is 14.7. The van der Waals surface area contributed by atoms with Gasteiger partial charge in [0.05, 0.1) is 6.04 Å². The normalized spacial score (nSPS) is 12.4. The minimum Gasteiger partial charge on any atom is -0.306 e. The van der Waals surface area contributed by atoms with Gasteiger partial charge in [-0.2, -0.15) is 0 Å². The van der Waals surface area contributed by atoms with Crippen LogP contribution in [0, 0.1) is 5.82 Å². The fourth-order valence-corrected chi connectivity index (χ4v) is 3.64. The van der Waals surface area contributed by atoms with Gasteiger partial charge in [0.15, 0.2) is 0 Å². The maximum absolute atomic E-state index is 13.5. The van der Waals surface area contributed by atoms with E-state index in [1.807, 2.05) is 25.1 Å². The number of rotatable bonds is 4. The van der Waals surface area contributed by atoms with Gasteiger partial charge >= 0.3 is 0 Å². The molecule has 0 heterocycles. The van der Waals surface area contributed by atoms with Crippen LogP contribution in [0.5, 0.6) is 0 Å².